The van der Waals surface area contributed by atoms with Gasteiger partial charge in [-0.3, -0.25) is 5.43 Å². The predicted molar refractivity (Wildman–Crippen MR) is 68.2 cm³/mol. The highest BCUT2D eigenvalue weighted by atomic mass is 79.9. The number of hydrogen-bond acceptors (Lipinski definition) is 3. The second-order valence-corrected chi connectivity index (χ2v) is 4.04. The van der Waals surface area contributed by atoms with E-state index in [2.05, 4.69) is 38.7 Å². The molecule has 0 bridgehead atoms. The number of benzene rings is 1. The third-order valence-electron chi connectivity index (χ3n) is 1.65. The lowest BCUT2D eigenvalue weighted by Crippen LogP contribution is -2.24. The maximum atomic E-state index is 13.2. The van der Waals surface area contributed by atoms with E-state index in [0.29, 0.717) is 15.8 Å². The zero-order chi connectivity index (χ0) is 12.1. The maximum Gasteiger partial charge on any atom is 0.184 e. The molecule has 1 aromatic carbocycles. The first-order chi connectivity index (χ1) is 7.54. The molecule has 0 heterocycles. The Morgan fingerprint density at radius 3 is 2.94 bits per heavy atom. The lowest BCUT2D eigenvalue weighted by atomic mass is 10.2. The number of nitrogens with one attached hydrogen (secondary N) is 1. The number of thiocarbonyl (C=S) groups is 1. The first kappa shape index (κ1) is 12.9. The van der Waals surface area contributed by atoms with Crippen molar-refractivity contribution in [2.45, 2.75) is 0 Å². The van der Waals surface area contributed by atoms with E-state index in [1.165, 1.54) is 25.5 Å². The van der Waals surface area contributed by atoms with Crippen molar-refractivity contribution >= 4 is 39.5 Å². The van der Waals surface area contributed by atoms with Crippen molar-refractivity contribution < 1.29 is 9.13 Å². The standard InChI is InChI=1S/C9H9BrFN3OS/c1-15-8-3-6(10)7(11)2-5(8)4-13-14-9(12)16/h2-4H,1H3,(H3,12,14,16). The van der Waals surface area contributed by atoms with Crippen LogP contribution < -0.4 is 15.9 Å². The summed E-state index contributed by atoms with van der Waals surface area (Å²) in [5.41, 5.74) is 8.02. The molecule has 0 spiro atoms. The molecule has 0 saturated carbocycles. The van der Waals surface area contributed by atoms with Crippen molar-refractivity contribution in [1.29, 1.82) is 0 Å². The van der Waals surface area contributed by atoms with Gasteiger partial charge in [0, 0.05) is 5.56 Å². The Hall–Kier alpha value is -1.21. The molecular weight excluding hydrogens is 297 g/mol. The number of rotatable bonds is 3. The monoisotopic (exact) mass is 305 g/mol. The maximum absolute atomic E-state index is 13.2. The Bertz CT molecular complexity index is 439. The van der Waals surface area contributed by atoms with E-state index in [1.807, 2.05) is 0 Å². The molecule has 16 heavy (non-hydrogen) atoms. The average molecular weight is 306 g/mol. The van der Waals surface area contributed by atoms with Crippen LogP contribution in [0.5, 0.6) is 5.75 Å². The zero-order valence-corrected chi connectivity index (χ0v) is 10.7. The Kier molecular flexibility index (Phi) is 4.63. The summed E-state index contributed by atoms with van der Waals surface area (Å²) in [4.78, 5) is 0. The molecule has 0 aromatic heterocycles. The van der Waals surface area contributed by atoms with Crippen LogP contribution in [-0.2, 0) is 0 Å². The summed E-state index contributed by atoms with van der Waals surface area (Å²) in [6.07, 6.45) is 1.37. The summed E-state index contributed by atoms with van der Waals surface area (Å²) in [5, 5.41) is 3.75. The van der Waals surface area contributed by atoms with Crippen LogP contribution in [0.4, 0.5) is 4.39 Å². The van der Waals surface area contributed by atoms with Crippen molar-refractivity contribution in [1.82, 2.24) is 5.43 Å². The first-order valence-corrected chi connectivity index (χ1v) is 5.36. The highest BCUT2D eigenvalue weighted by Crippen LogP contribution is 2.25. The molecule has 3 N–H and O–H groups in total. The van der Waals surface area contributed by atoms with Gasteiger partial charge >= 0.3 is 0 Å². The molecule has 4 nitrogen and oxygen atoms in total. The molecule has 0 aliphatic rings. The van der Waals surface area contributed by atoms with E-state index in [9.17, 15) is 4.39 Å². The van der Waals surface area contributed by atoms with E-state index in [0.717, 1.165) is 0 Å². The molecule has 7 heteroatoms. The summed E-state index contributed by atoms with van der Waals surface area (Å²) < 4.78 is 18.6. The Labute approximate surface area is 106 Å². The number of halogens is 2. The van der Waals surface area contributed by atoms with E-state index in [-0.39, 0.29) is 5.11 Å². The summed E-state index contributed by atoms with van der Waals surface area (Å²) in [5.74, 6) is 0.0827. The van der Waals surface area contributed by atoms with Gasteiger partial charge in [-0.2, -0.15) is 5.10 Å². The first-order valence-electron chi connectivity index (χ1n) is 4.16. The largest absolute Gasteiger partial charge is 0.496 e. The molecule has 0 unspecified atom stereocenters. The van der Waals surface area contributed by atoms with E-state index >= 15 is 0 Å². The molecule has 0 atom stereocenters. The van der Waals surface area contributed by atoms with Crippen molar-refractivity contribution in [3.8, 4) is 5.75 Å². The van der Waals surface area contributed by atoms with Gasteiger partial charge in [-0.05, 0) is 40.3 Å². The molecule has 0 amide bonds. The van der Waals surface area contributed by atoms with Crippen LogP contribution in [0.25, 0.3) is 0 Å². The van der Waals surface area contributed by atoms with E-state index < -0.39 is 5.82 Å². The molecule has 86 valence electrons. The van der Waals surface area contributed by atoms with Crippen molar-refractivity contribution in [2.75, 3.05) is 7.11 Å². The fraction of sp³-hybridized carbons (Fsp3) is 0.111. The summed E-state index contributed by atoms with van der Waals surface area (Å²) in [7, 11) is 1.48. The van der Waals surface area contributed by atoms with Crippen LogP contribution >= 0.6 is 28.1 Å². The topological polar surface area (TPSA) is 59.6 Å². The smallest absolute Gasteiger partial charge is 0.184 e. The number of methoxy groups -OCH3 is 1. The minimum absolute atomic E-state index is 0.0350. The molecule has 1 rings (SSSR count). The van der Waals surface area contributed by atoms with Gasteiger partial charge < -0.3 is 10.5 Å². The molecule has 0 aliphatic heterocycles. The molecule has 0 fully saturated rings. The number of hydrazone groups is 1. The lowest BCUT2D eigenvalue weighted by Gasteiger charge is -2.05. The highest BCUT2D eigenvalue weighted by molar-refractivity contribution is 9.10. The lowest BCUT2D eigenvalue weighted by molar-refractivity contribution is 0.412. The van der Waals surface area contributed by atoms with Crippen LogP contribution in [0.2, 0.25) is 0 Å². The number of nitrogens with zero attached hydrogens (tertiary/aromatic N) is 1. The predicted octanol–water partition coefficient (Wildman–Crippen LogP) is 1.76. The number of hydrogen-bond donors (Lipinski definition) is 2. The quantitative estimate of drug-likeness (QED) is 0.507. The Balaban J connectivity index is 2.98. The van der Waals surface area contributed by atoms with Crippen LogP contribution in [-0.4, -0.2) is 18.4 Å². The van der Waals surface area contributed by atoms with Crippen LogP contribution in [0.15, 0.2) is 21.7 Å². The van der Waals surface area contributed by atoms with Gasteiger partial charge in [-0.15, -0.1) is 0 Å². The molecule has 1 aromatic rings. The average Bonchev–Trinajstić information content (AvgIpc) is 2.22. The van der Waals surface area contributed by atoms with Gasteiger partial charge in [0.1, 0.15) is 11.6 Å². The third-order valence-corrected chi connectivity index (χ3v) is 2.35. The molecule has 0 saturated heterocycles. The third kappa shape index (κ3) is 3.42. The fourth-order valence-corrected chi connectivity index (χ4v) is 1.36. The SMILES string of the molecule is COc1cc(Br)c(F)cc1C=NNC(N)=S. The van der Waals surface area contributed by atoms with Crippen LogP contribution in [0.3, 0.4) is 0 Å². The fourth-order valence-electron chi connectivity index (χ4n) is 0.987. The van der Waals surface area contributed by atoms with Gasteiger partial charge in [0.15, 0.2) is 5.11 Å². The van der Waals surface area contributed by atoms with Crippen molar-refractivity contribution in [3.63, 3.8) is 0 Å². The molecule has 0 aliphatic carbocycles. The van der Waals surface area contributed by atoms with Gasteiger partial charge in [0.05, 0.1) is 17.8 Å². The van der Waals surface area contributed by atoms with E-state index in [1.54, 1.807) is 0 Å². The molecule has 0 radical (unpaired) electrons. The van der Waals surface area contributed by atoms with Crippen LogP contribution in [0, 0.1) is 5.82 Å². The minimum atomic E-state index is -0.405. The Morgan fingerprint density at radius 2 is 2.38 bits per heavy atom. The normalized spacial score (nSPS) is 10.4. The van der Waals surface area contributed by atoms with Gasteiger partial charge in [0.2, 0.25) is 0 Å². The van der Waals surface area contributed by atoms with Crippen molar-refractivity contribution in [3.05, 3.63) is 28.0 Å². The second kappa shape index (κ2) is 5.76. The Morgan fingerprint density at radius 1 is 1.69 bits per heavy atom. The second-order valence-electron chi connectivity index (χ2n) is 2.74. The number of nitrogens with two attached hydrogens (primary N) is 1. The highest BCUT2D eigenvalue weighted by Gasteiger charge is 2.06. The summed E-state index contributed by atoms with van der Waals surface area (Å²) in [6.45, 7) is 0. The molecular formula is C9H9BrFN3OS. The summed E-state index contributed by atoms with van der Waals surface area (Å²) >= 11 is 7.62. The summed E-state index contributed by atoms with van der Waals surface area (Å²) in [6, 6.07) is 2.80. The van der Waals surface area contributed by atoms with Gasteiger partial charge in [-0.25, -0.2) is 4.39 Å². The number of ether oxygens (including phenoxy) is 1. The van der Waals surface area contributed by atoms with Gasteiger partial charge in [-0.1, -0.05) is 0 Å². The van der Waals surface area contributed by atoms with E-state index in [4.69, 9.17) is 10.5 Å². The zero-order valence-electron chi connectivity index (χ0n) is 8.33. The minimum Gasteiger partial charge on any atom is -0.496 e. The van der Waals surface area contributed by atoms with Crippen molar-refractivity contribution in [2.24, 2.45) is 10.8 Å². The van der Waals surface area contributed by atoms with Crippen LogP contribution in [0.1, 0.15) is 5.56 Å². The van der Waals surface area contributed by atoms with Gasteiger partial charge in [0.25, 0.3) is 0 Å².